The van der Waals surface area contributed by atoms with Crippen LogP contribution in [0, 0.1) is 0 Å². The first-order valence-electron chi connectivity index (χ1n) is 7.88. The molecule has 0 atom stereocenters. The van der Waals surface area contributed by atoms with Crippen LogP contribution >= 0.6 is 0 Å². The molecule has 0 saturated heterocycles. The predicted molar refractivity (Wildman–Crippen MR) is 92.8 cm³/mol. The summed E-state index contributed by atoms with van der Waals surface area (Å²) in [5.41, 5.74) is 1.16. The Labute approximate surface area is 142 Å². The fourth-order valence-corrected chi connectivity index (χ4v) is 2.21. The summed E-state index contributed by atoms with van der Waals surface area (Å²) in [7, 11) is 3.18. The normalized spacial score (nSPS) is 10.1. The Morgan fingerprint density at radius 2 is 1.58 bits per heavy atom. The third kappa shape index (κ3) is 5.83. The minimum Gasteiger partial charge on any atom is -0.496 e. The molecule has 2 rings (SSSR count). The second-order valence-corrected chi connectivity index (χ2v) is 5.23. The van der Waals surface area contributed by atoms with Crippen molar-refractivity contribution in [2.45, 2.75) is 12.8 Å². The summed E-state index contributed by atoms with van der Waals surface area (Å²) in [6.45, 7) is 0.834. The van der Waals surface area contributed by atoms with Gasteiger partial charge in [0.15, 0.2) is 0 Å². The molecule has 2 aromatic rings. The molecule has 0 bridgehead atoms. The molecule has 5 heteroatoms. The van der Waals surface area contributed by atoms with E-state index in [4.69, 9.17) is 14.2 Å². The second kappa shape index (κ2) is 9.45. The van der Waals surface area contributed by atoms with Crippen LogP contribution < -0.4 is 19.5 Å². The van der Waals surface area contributed by atoms with Crippen LogP contribution in [0.2, 0.25) is 0 Å². The highest BCUT2D eigenvalue weighted by Crippen LogP contribution is 2.27. The van der Waals surface area contributed by atoms with Crippen molar-refractivity contribution in [2.75, 3.05) is 27.4 Å². The molecule has 0 saturated carbocycles. The van der Waals surface area contributed by atoms with E-state index in [0.29, 0.717) is 36.8 Å². The zero-order valence-electron chi connectivity index (χ0n) is 14.1. The number of carbonyl (C=O) groups is 1. The van der Waals surface area contributed by atoms with Crippen LogP contribution in [0.1, 0.15) is 12.0 Å². The average molecular weight is 329 g/mol. The van der Waals surface area contributed by atoms with Crippen LogP contribution in [-0.4, -0.2) is 33.3 Å². The molecule has 0 unspecified atom stereocenters. The highest BCUT2D eigenvalue weighted by molar-refractivity contribution is 5.76. The highest BCUT2D eigenvalue weighted by atomic mass is 16.5. The molecule has 0 aromatic heterocycles. The molecule has 0 aliphatic heterocycles. The van der Waals surface area contributed by atoms with Gasteiger partial charge in [0, 0.05) is 24.6 Å². The van der Waals surface area contributed by atoms with Gasteiger partial charge in [0.05, 0.1) is 20.8 Å². The maximum absolute atomic E-state index is 11.8. The molecular formula is C19H23NO4. The van der Waals surface area contributed by atoms with Gasteiger partial charge in [-0.2, -0.15) is 0 Å². The quantitative estimate of drug-likeness (QED) is 0.719. The van der Waals surface area contributed by atoms with E-state index < -0.39 is 0 Å². The molecule has 128 valence electrons. The lowest BCUT2D eigenvalue weighted by molar-refractivity contribution is -0.121. The molecule has 2 aromatic carbocycles. The highest BCUT2D eigenvalue weighted by Gasteiger charge is 2.04. The lowest BCUT2D eigenvalue weighted by Crippen LogP contribution is -2.28. The first-order chi connectivity index (χ1) is 11.7. The lowest BCUT2D eigenvalue weighted by atomic mass is 10.1. The van der Waals surface area contributed by atoms with Crippen molar-refractivity contribution in [3.05, 3.63) is 54.1 Å². The molecule has 0 spiro atoms. The van der Waals surface area contributed by atoms with Crippen molar-refractivity contribution in [2.24, 2.45) is 0 Å². The van der Waals surface area contributed by atoms with Crippen LogP contribution in [-0.2, 0) is 11.2 Å². The van der Waals surface area contributed by atoms with Crippen LogP contribution in [0.25, 0.3) is 0 Å². The van der Waals surface area contributed by atoms with Crippen molar-refractivity contribution < 1.29 is 19.0 Å². The van der Waals surface area contributed by atoms with Gasteiger partial charge < -0.3 is 19.5 Å². The topological polar surface area (TPSA) is 56.8 Å². The summed E-state index contributed by atoms with van der Waals surface area (Å²) >= 11 is 0. The summed E-state index contributed by atoms with van der Waals surface area (Å²) < 4.78 is 16.0. The number of nitrogens with one attached hydrogen (secondary N) is 1. The van der Waals surface area contributed by atoms with Gasteiger partial charge >= 0.3 is 0 Å². The van der Waals surface area contributed by atoms with E-state index >= 15 is 0 Å². The molecule has 0 fully saturated rings. The minimum absolute atomic E-state index is 0.0191. The van der Waals surface area contributed by atoms with Gasteiger partial charge in [0.1, 0.15) is 23.9 Å². The van der Waals surface area contributed by atoms with Gasteiger partial charge in [-0.3, -0.25) is 4.79 Å². The third-order valence-corrected chi connectivity index (χ3v) is 3.50. The number of methoxy groups -OCH3 is 2. The first-order valence-corrected chi connectivity index (χ1v) is 7.88. The number of hydrogen-bond acceptors (Lipinski definition) is 4. The minimum atomic E-state index is 0.0191. The van der Waals surface area contributed by atoms with Gasteiger partial charge in [0.2, 0.25) is 5.91 Å². The standard InChI is InChI=1S/C19H23NO4/c1-22-16-12-17(23-2)14-18(13-16)24-11-10-20-19(21)9-8-15-6-4-3-5-7-15/h3-7,12-14H,8-11H2,1-2H3,(H,20,21). The van der Waals surface area contributed by atoms with Gasteiger partial charge in [-0.1, -0.05) is 30.3 Å². The molecule has 5 nitrogen and oxygen atoms in total. The fraction of sp³-hybridized carbons (Fsp3) is 0.316. The number of hydrogen-bond donors (Lipinski definition) is 1. The summed E-state index contributed by atoms with van der Waals surface area (Å²) in [6.07, 6.45) is 1.21. The smallest absolute Gasteiger partial charge is 0.220 e. The maximum Gasteiger partial charge on any atom is 0.220 e. The van der Waals surface area contributed by atoms with E-state index in [1.807, 2.05) is 30.3 Å². The Bertz CT molecular complexity index is 621. The molecule has 0 aliphatic rings. The van der Waals surface area contributed by atoms with Gasteiger partial charge in [-0.15, -0.1) is 0 Å². The molecule has 24 heavy (non-hydrogen) atoms. The monoisotopic (exact) mass is 329 g/mol. The first kappa shape index (κ1) is 17.7. The van der Waals surface area contributed by atoms with E-state index in [9.17, 15) is 4.79 Å². The summed E-state index contributed by atoms with van der Waals surface area (Å²) in [5.74, 6) is 1.99. The van der Waals surface area contributed by atoms with Crippen LogP contribution in [0.15, 0.2) is 48.5 Å². The number of benzene rings is 2. The molecule has 0 radical (unpaired) electrons. The van der Waals surface area contributed by atoms with Crippen molar-refractivity contribution in [1.82, 2.24) is 5.32 Å². The van der Waals surface area contributed by atoms with E-state index in [-0.39, 0.29) is 5.91 Å². The molecule has 0 aliphatic carbocycles. The third-order valence-electron chi connectivity index (χ3n) is 3.50. The summed E-state index contributed by atoms with van der Waals surface area (Å²) in [5, 5.41) is 2.85. The van der Waals surface area contributed by atoms with E-state index in [2.05, 4.69) is 5.32 Å². The van der Waals surface area contributed by atoms with Crippen molar-refractivity contribution >= 4 is 5.91 Å². The largest absolute Gasteiger partial charge is 0.496 e. The van der Waals surface area contributed by atoms with Crippen molar-refractivity contribution in [3.8, 4) is 17.2 Å². The van der Waals surface area contributed by atoms with Gasteiger partial charge in [0.25, 0.3) is 0 Å². The zero-order valence-corrected chi connectivity index (χ0v) is 14.1. The fourth-order valence-electron chi connectivity index (χ4n) is 2.21. The molecule has 1 N–H and O–H groups in total. The maximum atomic E-state index is 11.8. The average Bonchev–Trinajstić information content (AvgIpc) is 2.64. The lowest BCUT2D eigenvalue weighted by Gasteiger charge is -2.11. The predicted octanol–water partition coefficient (Wildman–Crippen LogP) is 2.83. The Hall–Kier alpha value is -2.69. The summed E-state index contributed by atoms with van der Waals surface area (Å²) in [4.78, 5) is 11.8. The zero-order chi connectivity index (χ0) is 17.2. The Morgan fingerprint density at radius 1 is 0.958 bits per heavy atom. The number of ether oxygens (including phenoxy) is 3. The van der Waals surface area contributed by atoms with Crippen molar-refractivity contribution in [3.63, 3.8) is 0 Å². The van der Waals surface area contributed by atoms with Crippen LogP contribution in [0.3, 0.4) is 0 Å². The Morgan fingerprint density at radius 3 is 2.21 bits per heavy atom. The molecular weight excluding hydrogens is 306 g/mol. The van der Waals surface area contributed by atoms with E-state index in [1.165, 1.54) is 0 Å². The van der Waals surface area contributed by atoms with Crippen LogP contribution in [0.5, 0.6) is 17.2 Å². The van der Waals surface area contributed by atoms with Crippen molar-refractivity contribution in [1.29, 1.82) is 0 Å². The Kier molecular flexibility index (Phi) is 6.95. The second-order valence-electron chi connectivity index (χ2n) is 5.23. The number of amides is 1. The number of carbonyl (C=O) groups excluding carboxylic acids is 1. The number of rotatable bonds is 9. The summed E-state index contributed by atoms with van der Waals surface area (Å²) in [6, 6.07) is 15.3. The molecule has 0 heterocycles. The van der Waals surface area contributed by atoms with Gasteiger partial charge in [-0.05, 0) is 12.0 Å². The number of aryl methyl sites for hydroxylation is 1. The van der Waals surface area contributed by atoms with E-state index in [1.54, 1.807) is 32.4 Å². The Balaban J connectivity index is 1.69. The van der Waals surface area contributed by atoms with Crippen LogP contribution in [0.4, 0.5) is 0 Å². The SMILES string of the molecule is COc1cc(OC)cc(OCCNC(=O)CCc2ccccc2)c1. The van der Waals surface area contributed by atoms with Gasteiger partial charge in [-0.25, -0.2) is 0 Å². The van der Waals surface area contributed by atoms with E-state index in [0.717, 1.165) is 12.0 Å². The molecule has 1 amide bonds.